The Hall–Kier alpha value is -10.7. The van der Waals surface area contributed by atoms with Crippen LogP contribution in [0.2, 0.25) is 0 Å². The second-order valence-corrected chi connectivity index (χ2v) is 26.1. The van der Waals surface area contributed by atoms with Crippen LogP contribution < -0.4 is 18.3 Å². The van der Waals surface area contributed by atoms with Crippen molar-refractivity contribution >= 4 is 66.7 Å². The Morgan fingerprint density at radius 2 is 0.787 bits per heavy atom. The summed E-state index contributed by atoms with van der Waals surface area (Å²) in [6, 6.07) is 57.3. The van der Waals surface area contributed by atoms with Crippen molar-refractivity contribution in [3.63, 3.8) is 0 Å². The number of hydrogen-bond acceptors (Lipinski definition) is 4. The van der Waals surface area contributed by atoms with Crippen molar-refractivity contribution in [3.8, 4) is 45.0 Å². The first-order chi connectivity index (χ1) is 47.4. The van der Waals surface area contributed by atoms with Crippen LogP contribution >= 0.6 is 0 Å². The van der Waals surface area contributed by atoms with Gasteiger partial charge in [-0.05, 0) is 201 Å². The van der Waals surface area contributed by atoms with Gasteiger partial charge in [0.05, 0.1) is 66.4 Å². The van der Waals surface area contributed by atoms with Crippen LogP contribution in [-0.2, 0) is 34.6 Å². The first-order valence-electron chi connectivity index (χ1n) is 34.9. The predicted molar refractivity (Wildman–Crippen MR) is 383 cm³/mol. The van der Waals surface area contributed by atoms with Gasteiger partial charge in [-0.25, -0.2) is 38.2 Å². The molecule has 12 nitrogen and oxygen atoms in total. The molecular formula is C82H84N12+4. The Kier molecular flexibility index (Phi) is 14.7. The van der Waals surface area contributed by atoms with Crippen LogP contribution in [0.4, 0.5) is 0 Å². The van der Waals surface area contributed by atoms with Gasteiger partial charge in [0, 0.05) is 81.0 Å². The van der Waals surface area contributed by atoms with Gasteiger partial charge in [-0.2, -0.15) is 0 Å². The molecule has 0 N–H and O–H groups in total. The minimum Gasteiger partial charge on any atom is -0.300 e. The monoisotopic (exact) mass is 1240 g/mol. The Morgan fingerprint density at radius 1 is 0.415 bits per heavy atom. The fourth-order valence-electron chi connectivity index (χ4n) is 12.7. The van der Waals surface area contributed by atoms with Gasteiger partial charge >= 0.3 is 0 Å². The molecule has 0 radical (unpaired) electrons. The minimum absolute atomic E-state index is 0.338. The molecule has 12 aromatic heterocycles. The largest absolute Gasteiger partial charge is 0.300 e. The lowest BCUT2D eigenvalue weighted by molar-refractivity contribution is -0.660. The lowest BCUT2D eigenvalue weighted by Gasteiger charge is -2.18. The van der Waals surface area contributed by atoms with Crippen LogP contribution in [0, 0.1) is 46.9 Å². The van der Waals surface area contributed by atoms with E-state index in [9.17, 15) is 0 Å². The van der Waals surface area contributed by atoms with Crippen molar-refractivity contribution in [3.05, 3.63) is 264 Å². The van der Waals surface area contributed by atoms with E-state index in [-0.39, 0.29) is 0 Å². The molecular weight excluding hydrogens is 1150 g/mol. The summed E-state index contributed by atoms with van der Waals surface area (Å²) >= 11 is 0. The van der Waals surface area contributed by atoms with Gasteiger partial charge in [0.2, 0.25) is 22.8 Å². The Balaban J connectivity index is 0.000000120. The zero-order valence-corrected chi connectivity index (χ0v) is 56.2. The first kappa shape index (κ1) is 55.0. The third-order valence-electron chi connectivity index (χ3n) is 17.6. The Bertz CT molecular complexity index is 5860. The van der Waals surface area contributed by atoms with Crippen molar-refractivity contribution in [1.82, 2.24) is 37.5 Å². The number of fused-ring (bicyclic) bond motifs is 12. The number of aromatic nitrogens is 12. The molecule has 0 aliphatic carbocycles. The van der Waals surface area contributed by atoms with Gasteiger partial charge in [-0.1, -0.05) is 58.9 Å². The lowest BCUT2D eigenvalue weighted by Crippen LogP contribution is -2.31. The molecule has 0 atom stereocenters. The summed E-state index contributed by atoms with van der Waals surface area (Å²) in [6.07, 6.45) is 14.5. The Morgan fingerprint density at radius 3 is 1.17 bits per heavy atom. The highest BCUT2D eigenvalue weighted by atomic mass is 15.0. The van der Waals surface area contributed by atoms with E-state index in [0.717, 1.165) is 117 Å². The van der Waals surface area contributed by atoms with E-state index in [1.54, 1.807) is 12.3 Å². The van der Waals surface area contributed by atoms with Crippen molar-refractivity contribution in [2.45, 2.75) is 88.4 Å². The number of aryl methyl sites for hydroxylation is 10. The predicted octanol–water partition coefficient (Wildman–Crippen LogP) is 16.5. The van der Waals surface area contributed by atoms with Crippen LogP contribution in [0.3, 0.4) is 0 Å². The number of imidazole rings is 4. The van der Waals surface area contributed by atoms with Crippen molar-refractivity contribution in [1.29, 1.82) is 0 Å². The standard InChI is InChI=1S/C23H26N3.C21H22N3.2C19H18N3/c1-16-12-21-19(24-22-8-6-7-10-26(21)22)14-18(16)20-13-17(9-11-25(20)5)15-23(2,3)4;1-14(2)16-8-10-23(4)19(12-16)17-13-18-20(11-15(17)3)24-9-6-5-7-21(24)22-18;1-13-7-8-17(21(3)12-13)15-11-16-18(10-14(15)2)22-9-5-4-6-19(22)20-16;1-13-7-9-21(3)17(10-13)15-12-16-18(11-14(15)2)22-8-5-4-6-19(22)20-16/h6-14H,15H2,1-5H3;5-14H,1-4H3;2*4-12H,1-3H3/q4*+1/i15D2;14D;1D3;. The van der Waals surface area contributed by atoms with Gasteiger partial charge in [0.1, 0.15) is 50.8 Å². The highest BCUT2D eigenvalue weighted by Gasteiger charge is 2.22. The van der Waals surface area contributed by atoms with E-state index >= 15 is 0 Å². The molecule has 16 aromatic rings. The fraction of sp³-hybridized carbons (Fsp3) is 0.220. The summed E-state index contributed by atoms with van der Waals surface area (Å²) in [4.78, 5) is 19.0. The molecule has 0 aliphatic heterocycles. The molecule has 0 saturated carbocycles. The molecule has 468 valence electrons. The molecule has 0 spiro atoms. The maximum Gasteiger partial charge on any atom is 0.212 e. The molecule has 0 saturated heterocycles. The second-order valence-electron chi connectivity index (χ2n) is 26.1. The molecule has 0 fully saturated rings. The van der Waals surface area contributed by atoms with Gasteiger partial charge in [-0.15, -0.1) is 0 Å². The maximum atomic E-state index is 8.65. The fourth-order valence-corrected chi connectivity index (χ4v) is 12.7. The number of benzene rings is 4. The van der Waals surface area contributed by atoms with Gasteiger partial charge < -0.3 is 0 Å². The maximum absolute atomic E-state index is 8.65. The van der Waals surface area contributed by atoms with Gasteiger partial charge in [0.25, 0.3) is 0 Å². The zero-order valence-electron chi connectivity index (χ0n) is 62.2. The van der Waals surface area contributed by atoms with E-state index in [1.165, 1.54) is 27.9 Å². The summed E-state index contributed by atoms with van der Waals surface area (Å²) < 4.78 is 64.9. The highest BCUT2D eigenvalue weighted by Crippen LogP contribution is 2.33. The summed E-state index contributed by atoms with van der Waals surface area (Å²) in [7, 11) is 8.00. The smallest absolute Gasteiger partial charge is 0.212 e. The molecule has 0 aliphatic rings. The van der Waals surface area contributed by atoms with Crippen LogP contribution in [0.25, 0.3) is 112 Å². The molecule has 12 heteroatoms. The van der Waals surface area contributed by atoms with Gasteiger partial charge in [-0.3, -0.25) is 17.6 Å². The van der Waals surface area contributed by atoms with Crippen LogP contribution in [0.1, 0.15) is 93.2 Å². The van der Waals surface area contributed by atoms with Crippen molar-refractivity contribution in [2.24, 2.45) is 33.6 Å². The lowest BCUT2D eigenvalue weighted by atomic mass is 9.88. The average Bonchev–Trinajstić information content (AvgIpc) is 1.53. The molecule has 94 heavy (non-hydrogen) atoms. The minimum atomic E-state index is -2.10. The van der Waals surface area contributed by atoms with Gasteiger partial charge in [0.15, 0.2) is 24.8 Å². The summed E-state index contributed by atoms with van der Waals surface area (Å²) in [5.74, 6) is -0.621. The summed E-state index contributed by atoms with van der Waals surface area (Å²) in [5.41, 5.74) is 28.4. The topological polar surface area (TPSA) is 84.7 Å². The molecule has 0 unspecified atom stereocenters. The molecule has 12 heterocycles. The SMILES string of the molecule is Cc1cc[n+](C)c(-c2cc3nc4ccccn4c3cc2C)c1.[2H]C(C)(C)c1cc[n+](C)c(-c2cc3nc4ccccn4c3cc2C)c1.[2H]C([2H])([2H])c1ccc(-c2cc3nc4ccccn4c3cc2C)[n+](C)c1.[2H]C([2H])(c1cc[n+](C)c(-c2cc3nc4ccccn4c3cc2C)c1)C(C)(C)C. The zero-order chi connectivity index (χ0) is 71.1. The van der Waals surface area contributed by atoms with Crippen LogP contribution in [0.15, 0.2) is 219 Å². The van der Waals surface area contributed by atoms with Crippen LogP contribution in [-0.4, -0.2) is 37.5 Å². The van der Waals surface area contributed by atoms with Crippen molar-refractivity contribution < 1.29 is 26.5 Å². The van der Waals surface area contributed by atoms with E-state index in [2.05, 4.69) is 148 Å². The first-order valence-corrected chi connectivity index (χ1v) is 31.9. The normalized spacial score (nSPS) is 13.0. The average molecular weight is 1240 g/mol. The molecule has 4 aromatic carbocycles. The third-order valence-corrected chi connectivity index (χ3v) is 17.6. The molecule has 16 rings (SSSR count). The number of rotatable bonds is 6. The Labute approximate surface area is 559 Å². The number of nitrogens with zero attached hydrogens (tertiary/aromatic N) is 12. The van der Waals surface area contributed by atoms with E-state index in [1.807, 2.05) is 193 Å². The quantitative estimate of drug-likeness (QED) is 0.155. The highest BCUT2D eigenvalue weighted by molar-refractivity contribution is 5.90. The summed E-state index contributed by atoms with van der Waals surface area (Å²) in [6.45, 7) is 18.1. The van der Waals surface area contributed by atoms with Crippen molar-refractivity contribution in [2.75, 3.05) is 0 Å². The van der Waals surface area contributed by atoms with E-state index in [4.69, 9.17) is 28.2 Å². The number of pyridine rings is 8. The van der Waals surface area contributed by atoms with Crippen LogP contribution in [0.5, 0.6) is 0 Å². The second kappa shape index (κ2) is 25.1. The molecule has 0 bridgehead atoms. The van der Waals surface area contributed by atoms with E-state index in [0.29, 0.717) is 11.1 Å². The third kappa shape index (κ3) is 12.3. The summed E-state index contributed by atoms with van der Waals surface area (Å²) in [5, 5.41) is 0. The van der Waals surface area contributed by atoms with E-state index < -0.39 is 24.5 Å². The molecule has 0 amide bonds. The number of hydrogen-bond donors (Lipinski definition) is 0.